The van der Waals surface area contributed by atoms with Crippen molar-refractivity contribution in [1.82, 2.24) is 28.5 Å². The van der Waals surface area contributed by atoms with E-state index in [0.29, 0.717) is 30.7 Å². The van der Waals surface area contributed by atoms with Gasteiger partial charge < -0.3 is 14.2 Å². The van der Waals surface area contributed by atoms with E-state index in [1.807, 2.05) is 6.07 Å². The molecule has 3 heterocycles. The molecule has 1 aliphatic heterocycles. The van der Waals surface area contributed by atoms with Crippen LogP contribution in [0.5, 0.6) is 5.75 Å². The first-order chi connectivity index (χ1) is 15.4. The summed E-state index contributed by atoms with van der Waals surface area (Å²) in [4.78, 5) is 34.2. The summed E-state index contributed by atoms with van der Waals surface area (Å²) >= 11 is 0. The number of imidazole rings is 1. The van der Waals surface area contributed by atoms with Crippen LogP contribution in [-0.2, 0) is 27.2 Å². The Labute approximate surface area is 185 Å². The molecular formula is C22H29FN6O3. The molecule has 3 aromatic rings. The van der Waals surface area contributed by atoms with Gasteiger partial charge in [0.1, 0.15) is 0 Å². The zero-order valence-electron chi connectivity index (χ0n) is 18.8. The minimum Gasteiger partial charge on any atom is -0.494 e. The Morgan fingerprint density at radius 1 is 1.06 bits per heavy atom. The van der Waals surface area contributed by atoms with Crippen molar-refractivity contribution in [2.75, 3.05) is 39.8 Å². The lowest BCUT2D eigenvalue weighted by molar-refractivity contribution is 0.125. The SMILES string of the molecule is COc1ccc(CN2CCN(CCCn3c(=O)c4c(ncn4C)n(C)c3=O)CC2)cc1F. The van der Waals surface area contributed by atoms with Gasteiger partial charge in [0.25, 0.3) is 5.56 Å². The number of rotatable bonds is 7. The fraction of sp³-hybridized carbons (Fsp3) is 0.500. The van der Waals surface area contributed by atoms with Crippen LogP contribution in [0.15, 0.2) is 34.1 Å². The van der Waals surface area contributed by atoms with Crippen LogP contribution in [-0.4, -0.2) is 68.3 Å². The second-order valence-electron chi connectivity index (χ2n) is 8.27. The lowest BCUT2D eigenvalue weighted by atomic mass is 10.1. The predicted molar refractivity (Wildman–Crippen MR) is 120 cm³/mol. The van der Waals surface area contributed by atoms with E-state index < -0.39 is 0 Å². The van der Waals surface area contributed by atoms with Crippen LogP contribution in [0.1, 0.15) is 12.0 Å². The van der Waals surface area contributed by atoms with E-state index in [2.05, 4.69) is 14.8 Å². The van der Waals surface area contributed by atoms with Gasteiger partial charge in [-0.2, -0.15) is 0 Å². The smallest absolute Gasteiger partial charge is 0.332 e. The number of hydrogen-bond donors (Lipinski definition) is 0. The molecule has 0 spiro atoms. The molecule has 2 aromatic heterocycles. The fourth-order valence-corrected chi connectivity index (χ4v) is 4.28. The Balaban J connectivity index is 1.30. The van der Waals surface area contributed by atoms with Gasteiger partial charge in [-0.25, -0.2) is 14.2 Å². The highest BCUT2D eigenvalue weighted by molar-refractivity contribution is 5.69. The van der Waals surface area contributed by atoms with Crippen LogP contribution >= 0.6 is 0 Å². The van der Waals surface area contributed by atoms with Gasteiger partial charge in [-0.3, -0.25) is 18.8 Å². The minimum absolute atomic E-state index is 0.259. The van der Waals surface area contributed by atoms with Gasteiger partial charge in [-0.15, -0.1) is 0 Å². The number of ether oxygens (including phenoxy) is 1. The third-order valence-electron chi connectivity index (χ3n) is 6.14. The Hall–Kier alpha value is -2.98. The molecule has 0 amide bonds. The van der Waals surface area contributed by atoms with Gasteiger partial charge in [0.2, 0.25) is 0 Å². The first-order valence-electron chi connectivity index (χ1n) is 10.8. The van der Waals surface area contributed by atoms with Crippen molar-refractivity contribution < 1.29 is 9.13 Å². The number of benzene rings is 1. The van der Waals surface area contributed by atoms with Crippen LogP contribution in [0.2, 0.25) is 0 Å². The summed E-state index contributed by atoms with van der Waals surface area (Å²) < 4.78 is 23.3. The van der Waals surface area contributed by atoms with E-state index in [-0.39, 0.29) is 22.8 Å². The third kappa shape index (κ3) is 4.33. The minimum atomic E-state index is -0.339. The van der Waals surface area contributed by atoms with Crippen LogP contribution < -0.4 is 16.0 Å². The van der Waals surface area contributed by atoms with Crippen molar-refractivity contribution in [2.24, 2.45) is 14.1 Å². The number of piperazine rings is 1. The normalized spacial score (nSPS) is 15.5. The molecule has 10 heteroatoms. The van der Waals surface area contributed by atoms with E-state index in [1.54, 1.807) is 31.1 Å². The molecule has 0 N–H and O–H groups in total. The van der Waals surface area contributed by atoms with Crippen molar-refractivity contribution >= 4 is 11.2 Å². The molecule has 32 heavy (non-hydrogen) atoms. The molecule has 0 bridgehead atoms. The van der Waals surface area contributed by atoms with E-state index in [4.69, 9.17) is 4.74 Å². The van der Waals surface area contributed by atoms with Crippen LogP contribution in [0.3, 0.4) is 0 Å². The fourth-order valence-electron chi connectivity index (χ4n) is 4.28. The van der Waals surface area contributed by atoms with Crippen LogP contribution in [0, 0.1) is 5.82 Å². The first kappa shape index (κ1) is 22.2. The third-order valence-corrected chi connectivity index (χ3v) is 6.14. The number of nitrogens with zero attached hydrogens (tertiary/aromatic N) is 6. The van der Waals surface area contributed by atoms with E-state index in [9.17, 15) is 14.0 Å². The molecule has 1 saturated heterocycles. The molecule has 172 valence electrons. The maximum absolute atomic E-state index is 13.9. The van der Waals surface area contributed by atoms with E-state index in [1.165, 1.54) is 22.3 Å². The van der Waals surface area contributed by atoms with Gasteiger partial charge in [-0.05, 0) is 30.7 Å². The molecule has 1 aliphatic rings. The predicted octanol–water partition coefficient (Wildman–Crippen LogP) is 0.789. The molecule has 4 rings (SSSR count). The average molecular weight is 445 g/mol. The van der Waals surface area contributed by atoms with Crippen molar-refractivity contribution in [2.45, 2.75) is 19.5 Å². The molecule has 1 aromatic carbocycles. The number of aryl methyl sites for hydroxylation is 2. The zero-order valence-corrected chi connectivity index (χ0v) is 18.8. The summed E-state index contributed by atoms with van der Waals surface area (Å²) in [5.74, 6) is -0.0793. The Morgan fingerprint density at radius 2 is 1.78 bits per heavy atom. The number of fused-ring (bicyclic) bond motifs is 1. The van der Waals surface area contributed by atoms with Gasteiger partial charge in [0.05, 0.1) is 13.4 Å². The molecule has 9 nitrogen and oxygen atoms in total. The summed E-state index contributed by atoms with van der Waals surface area (Å²) in [6.07, 6.45) is 2.26. The summed E-state index contributed by atoms with van der Waals surface area (Å²) in [5, 5.41) is 0. The first-order valence-corrected chi connectivity index (χ1v) is 10.8. The van der Waals surface area contributed by atoms with Crippen LogP contribution in [0.25, 0.3) is 11.2 Å². The van der Waals surface area contributed by atoms with Gasteiger partial charge in [0, 0.05) is 53.4 Å². The monoisotopic (exact) mass is 444 g/mol. The van der Waals surface area contributed by atoms with Gasteiger partial charge in [-0.1, -0.05) is 6.07 Å². The van der Waals surface area contributed by atoms with Gasteiger partial charge >= 0.3 is 5.69 Å². The summed E-state index contributed by atoms with van der Waals surface area (Å²) in [5.41, 5.74) is 1.15. The highest BCUT2D eigenvalue weighted by Gasteiger charge is 2.18. The Kier molecular flexibility index (Phi) is 6.43. The topological polar surface area (TPSA) is 77.5 Å². The Bertz CT molecular complexity index is 1220. The van der Waals surface area contributed by atoms with Crippen LogP contribution in [0.4, 0.5) is 4.39 Å². The highest BCUT2D eigenvalue weighted by atomic mass is 19.1. The summed E-state index contributed by atoms with van der Waals surface area (Å²) in [6, 6.07) is 5.09. The second kappa shape index (κ2) is 9.25. The molecule has 0 radical (unpaired) electrons. The Morgan fingerprint density at radius 3 is 2.47 bits per heavy atom. The lowest BCUT2D eigenvalue weighted by Gasteiger charge is -2.34. The molecule has 0 aliphatic carbocycles. The largest absolute Gasteiger partial charge is 0.494 e. The molecule has 0 atom stereocenters. The number of hydrogen-bond acceptors (Lipinski definition) is 6. The standard InChI is InChI=1S/C22H29FN6O3/c1-25-15-24-20-19(25)21(30)29(22(31)26(20)2)8-4-7-27-9-11-28(12-10-27)14-16-5-6-18(32-3)17(23)13-16/h5-6,13,15H,4,7-12,14H2,1-3H3. The summed E-state index contributed by atoms with van der Waals surface area (Å²) in [7, 11) is 4.86. The quantitative estimate of drug-likeness (QED) is 0.536. The summed E-state index contributed by atoms with van der Waals surface area (Å²) in [6.45, 7) is 5.44. The highest BCUT2D eigenvalue weighted by Crippen LogP contribution is 2.19. The van der Waals surface area contributed by atoms with Gasteiger partial charge in [0.15, 0.2) is 22.7 Å². The molecule has 0 saturated carbocycles. The lowest BCUT2D eigenvalue weighted by Crippen LogP contribution is -2.46. The second-order valence-corrected chi connectivity index (χ2v) is 8.27. The number of aromatic nitrogens is 4. The van der Waals surface area contributed by atoms with E-state index >= 15 is 0 Å². The maximum Gasteiger partial charge on any atom is 0.332 e. The van der Waals surface area contributed by atoms with Crippen molar-refractivity contribution in [3.8, 4) is 5.75 Å². The van der Waals surface area contributed by atoms with Crippen molar-refractivity contribution in [3.05, 3.63) is 56.7 Å². The average Bonchev–Trinajstić information content (AvgIpc) is 3.17. The molecule has 1 fully saturated rings. The number of halogens is 1. The zero-order chi connectivity index (χ0) is 22.8. The van der Waals surface area contributed by atoms with Crippen molar-refractivity contribution in [3.63, 3.8) is 0 Å². The molecule has 0 unspecified atom stereocenters. The number of methoxy groups -OCH3 is 1. The van der Waals surface area contributed by atoms with Crippen molar-refractivity contribution in [1.29, 1.82) is 0 Å². The maximum atomic E-state index is 13.9. The van der Waals surface area contributed by atoms with E-state index in [0.717, 1.165) is 38.3 Å². The molecular weight excluding hydrogens is 415 g/mol.